The third kappa shape index (κ3) is 3.33. The van der Waals surface area contributed by atoms with Crippen LogP contribution < -0.4 is 5.32 Å². The third-order valence-electron chi connectivity index (χ3n) is 2.85. The maximum absolute atomic E-state index is 11.0. The van der Waals surface area contributed by atoms with Crippen LogP contribution in [0.2, 0.25) is 0 Å². The van der Waals surface area contributed by atoms with Crippen molar-refractivity contribution < 1.29 is 15.0 Å². The van der Waals surface area contributed by atoms with Gasteiger partial charge in [-0.05, 0) is 23.3 Å². The molecule has 0 atom stereocenters. The van der Waals surface area contributed by atoms with E-state index in [4.69, 9.17) is 10.2 Å². The Labute approximate surface area is 111 Å². The third-order valence-corrected chi connectivity index (χ3v) is 2.85. The Morgan fingerprint density at radius 1 is 1.00 bits per heavy atom. The maximum atomic E-state index is 11.0. The summed E-state index contributed by atoms with van der Waals surface area (Å²) in [5, 5.41) is 21.1. The molecule has 2 rings (SSSR count). The largest absolute Gasteiger partial charge is 0.478 e. The molecule has 3 N–H and O–H groups in total. The van der Waals surface area contributed by atoms with Crippen LogP contribution in [0, 0.1) is 0 Å². The number of carboxylic acid groups (broad SMARTS) is 1. The minimum atomic E-state index is -0.946. The lowest BCUT2D eigenvalue weighted by Gasteiger charge is -2.09. The van der Waals surface area contributed by atoms with E-state index < -0.39 is 5.97 Å². The van der Waals surface area contributed by atoms with Crippen molar-refractivity contribution in [3.05, 3.63) is 65.2 Å². The fourth-order valence-electron chi connectivity index (χ4n) is 1.78. The first-order valence-electron chi connectivity index (χ1n) is 5.95. The summed E-state index contributed by atoms with van der Waals surface area (Å²) >= 11 is 0. The number of carboxylic acids is 1. The van der Waals surface area contributed by atoms with E-state index in [9.17, 15) is 4.79 Å². The van der Waals surface area contributed by atoms with Crippen molar-refractivity contribution in [3.63, 3.8) is 0 Å². The zero-order chi connectivity index (χ0) is 13.7. The average molecular weight is 257 g/mol. The van der Waals surface area contributed by atoms with Crippen LogP contribution in [0.1, 0.15) is 21.5 Å². The topological polar surface area (TPSA) is 69.6 Å². The van der Waals surface area contributed by atoms with E-state index in [2.05, 4.69) is 5.32 Å². The van der Waals surface area contributed by atoms with E-state index in [-0.39, 0.29) is 12.2 Å². The van der Waals surface area contributed by atoms with Gasteiger partial charge in [0.2, 0.25) is 0 Å². The summed E-state index contributed by atoms with van der Waals surface area (Å²) in [6, 6.07) is 14.3. The molecule has 19 heavy (non-hydrogen) atoms. The number of nitrogens with one attached hydrogen (secondary N) is 1. The SMILES string of the molecule is O=C(O)c1ccccc1NCc1ccc(CO)cc1. The van der Waals surface area contributed by atoms with Gasteiger partial charge in [-0.3, -0.25) is 0 Å². The highest BCUT2D eigenvalue weighted by molar-refractivity contribution is 5.94. The van der Waals surface area contributed by atoms with E-state index in [1.165, 1.54) is 0 Å². The van der Waals surface area contributed by atoms with Gasteiger partial charge in [-0.2, -0.15) is 0 Å². The highest BCUT2D eigenvalue weighted by Gasteiger charge is 2.08. The number of benzene rings is 2. The molecule has 0 radical (unpaired) electrons. The number of aliphatic hydroxyl groups is 1. The number of para-hydroxylation sites is 1. The summed E-state index contributed by atoms with van der Waals surface area (Å²) in [6.07, 6.45) is 0. The number of carbonyl (C=O) groups is 1. The van der Waals surface area contributed by atoms with Gasteiger partial charge in [-0.15, -0.1) is 0 Å². The number of aromatic carboxylic acids is 1. The molecule has 0 unspecified atom stereocenters. The van der Waals surface area contributed by atoms with Crippen LogP contribution in [-0.4, -0.2) is 16.2 Å². The van der Waals surface area contributed by atoms with E-state index in [0.29, 0.717) is 12.2 Å². The number of rotatable bonds is 5. The molecule has 98 valence electrons. The number of aliphatic hydroxyl groups excluding tert-OH is 1. The normalized spacial score (nSPS) is 10.2. The first kappa shape index (κ1) is 13.1. The van der Waals surface area contributed by atoms with Crippen molar-refractivity contribution in [3.8, 4) is 0 Å². The minimum absolute atomic E-state index is 0.0234. The summed E-state index contributed by atoms with van der Waals surface area (Å²) in [5.74, 6) is -0.946. The van der Waals surface area contributed by atoms with Gasteiger partial charge in [0.05, 0.1) is 12.2 Å². The summed E-state index contributed by atoms with van der Waals surface area (Å²) in [5.41, 5.74) is 2.74. The van der Waals surface area contributed by atoms with Gasteiger partial charge < -0.3 is 15.5 Å². The van der Waals surface area contributed by atoms with Crippen LogP contribution in [0.5, 0.6) is 0 Å². The van der Waals surface area contributed by atoms with Crippen LogP contribution in [0.4, 0.5) is 5.69 Å². The molecule has 0 fully saturated rings. The second kappa shape index (κ2) is 6.02. The molecule has 0 amide bonds. The monoisotopic (exact) mass is 257 g/mol. The predicted octanol–water partition coefficient (Wildman–Crippen LogP) is 2.49. The number of hydrogen-bond donors (Lipinski definition) is 3. The Morgan fingerprint density at radius 3 is 2.26 bits per heavy atom. The van der Waals surface area contributed by atoms with Gasteiger partial charge in [0, 0.05) is 12.2 Å². The van der Waals surface area contributed by atoms with E-state index in [1.807, 2.05) is 24.3 Å². The van der Waals surface area contributed by atoms with Crippen molar-refractivity contribution >= 4 is 11.7 Å². The average Bonchev–Trinajstić information content (AvgIpc) is 2.46. The molecule has 0 bridgehead atoms. The summed E-state index contributed by atoms with van der Waals surface area (Å²) in [4.78, 5) is 11.0. The molecular weight excluding hydrogens is 242 g/mol. The highest BCUT2D eigenvalue weighted by Crippen LogP contribution is 2.16. The second-order valence-electron chi connectivity index (χ2n) is 4.18. The maximum Gasteiger partial charge on any atom is 0.337 e. The van der Waals surface area contributed by atoms with Crippen LogP contribution in [0.15, 0.2) is 48.5 Å². The van der Waals surface area contributed by atoms with Gasteiger partial charge in [0.1, 0.15) is 0 Å². The van der Waals surface area contributed by atoms with E-state index in [1.54, 1.807) is 24.3 Å². The van der Waals surface area contributed by atoms with E-state index >= 15 is 0 Å². The van der Waals surface area contributed by atoms with E-state index in [0.717, 1.165) is 11.1 Å². The lowest BCUT2D eigenvalue weighted by Crippen LogP contribution is -2.06. The molecule has 2 aromatic rings. The highest BCUT2D eigenvalue weighted by atomic mass is 16.4. The van der Waals surface area contributed by atoms with Gasteiger partial charge in [-0.25, -0.2) is 4.79 Å². The fraction of sp³-hybridized carbons (Fsp3) is 0.133. The Kier molecular flexibility index (Phi) is 4.15. The molecule has 0 aliphatic rings. The van der Waals surface area contributed by atoms with Crippen LogP contribution in [0.25, 0.3) is 0 Å². The number of hydrogen-bond acceptors (Lipinski definition) is 3. The predicted molar refractivity (Wildman–Crippen MR) is 73.1 cm³/mol. The van der Waals surface area contributed by atoms with Crippen molar-refractivity contribution in [2.75, 3.05) is 5.32 Å². The molecular formula is C15H15NO3. The van der Waals surface area contributed by atoms with Crippen LogP contribution in [-0.2, 0) is 13.2 Å². The summed E-state index contributed by atoms with van der Waals surface area (Å²) in [6.45, 7) is 0.561. The molecule has 0 aliphatic heterocycles. The van der Waals surface area contributed by atoms with Gasteiger partial charge in [-0.1, -0.05) is 36.4 Å². The standard InChI is InChI=1S/C15H15NO3/c17-10-12-7-5-11(6-8-12)9-16-14-4-2-1-3-13(14)15(18)19/h1-8,16-17H,9-10H2,(H,18,19). The Hall–Kier alpha value is -2.33. The lowest BCUT2D eigenvalue weighted by atomic mass is 10.1. The Morgan fingerprint density at radius 2 is 1.63 bits per heavy atom. The fourth-order valence-corrected chi connectivity index (χ4v) is 1.78. The van der Waals surface area contributed by atoms with Crippen LogP contribution in [0.3, 0.4) is 0 Å². The van der Waals surface area contributed by atoms with Gasteiger partial charge in [0.25, 0.3) is 0 Å². The van der Waals surface area contributed by atoms with Crippen molar-refractivity contribution in [2.24, 2.45) is 0 Å². The molecule has 0 aromatic heterocycles. The Balaban J connectivity index is 2.07. The van der Waals surface area contributed by atoms with Crippen molar-refractivity contribution in [2.45, 2.75) is 13.2 Å². The quantitative estimate of drug-likeness (QED) is 0.769. The zero-order valence-electron chi connectivity index (χ0n) is 10.3. The van der Waals surface area contributed by atoms with Gasteiger partial charge in [0.15, 0.2) is 0 Å². The Bertz CT molecular complexity index is 564. The first-order valence-corrected chi connectivity index (χ1v) is 5.95. The molecule has 0 saturated carbocycles. The zero-order valence-corrected chi connectivity index (χ0v) is 10.3. The molecule has 4 nitrogen and oxygen atoms in total. The summed E-state index contributed by atoms with van der Waals surface area (Å²) in [7, 11) is 0. The summed E-state index contributed by atoms with van der Waals surface area (Å²) < 4.78 is 0. The molecule has 0 spiro atoms. The van der Waals surface area contributed by atoms with Crippen molar-refractivity contribution in [1.82, 2.24) is 0 Å². The molecule has 4 heteroatoms. The minimum Gasteiger partial charge on any atom is -0.478 e. The van der Waals surface area contributed by atoms with Crippen LogP contribution >= 0.6 is 0 Å². The van der Waals surface area contributed by atoms with Gasteiger partial charge >= 0.3 is 5.97 Å². The number of anilines is 1. The lowest BCUT2D eigenvalue weighted by molar-refractivity contribution is 0.0698. The molecule has 0 aliphatic carbocycles. The molecule has 2 aromatic carbocycles. The smallest absolute Gasteiger partial charge is 0.337 e. The first-order chi connectivity index (χ1) is 9.20. The molecule has 0 heterocycles. The second-order valence-corrected chi connectivity index (χ2v) is 4.18. The molecule has 0 saturated heterocycles. The van der Waals surface area contributed by atoms with Crippen molar-refractivity contribution in [1.29, 1.82) is 0 Å².